The second-order valence-electron chi connectivity index (χ2n) is 8.00. The Morgan fingerprint density at radius 3 is 2.63 bits per heavy atom. The van der Waals surface area contributed by atoms with E-state index in [9.17, 15) is 5.11 Å². The molecule has 4 rings (SSSR count). The van der Waals surface area contributed by atoms with Crippen molar-refractivity contribution < 1.29 is 9.52 Å². The molecular formula is C22H27N3O2. The van der Waals surface area contributed by atoms with E-state index in [-0.39, 0.29) is 0 Å². The van der Waals surface area contributed by atoms with Crippen LogP contribution in [-0.4, -0.2) is 33.1 Å². The number of piperidine rings is 1. The van der Waals surface area contributed by atoms with Crippen LogP contribution in [0.15, 0.2) is 41.0 Å². The van der Waals surface area contributed by atoms with Crippen molar-refractivity contribution in [3.05, 3.63) is 59.4 Å². The van der Waals surface area contributed by atoms with Crippen LogP contribution in [0.5, 0.6) is 0 Å². The Hall–Kier alpha value is -2.24. The number of benzene rings is 1. The molecule has 0 saturated carbocycles. The van der Waals surface area contributed by atoms with Gasteiger partial charge in [0.15, 0.2) is 5.89 Å². The molecule has 1 fully saturated rings. The van der Waals surface area contributed by atoms with Crippen molar-refractivity contribution in [2.75, 3.05) is 13.1 Å². The Morgan fingerprint density at radius 1 is 1.15 bits per heavy atom. The number of aryl methyl sites for hydroxylation is 1. The SMILES string of the molecule is Cc1ccc2cc(C3(O)CCN(Cc4coc(C(C)C)n4)CC3)ccc2n1. The van der Waals surface area contributed by atoms with Crippen molar-refractivity contribution in [1.82, 2.24) is 14.9 Å². The number of rotatable bonds is 4. The number of fused-ring (bicyclic) bond motifs is 1. The molecule has 1 aromatic carbocycles. The van der Waals surface area contributed by atoms with Crippen LogP contribution in [0.1, 0.15) is 55.4 Å². The first-order valence-corrected chi connectivity index (χ1v) is 9.70. The van der Waals surface area contributed by atoms with E-state index in [2.05, 4.69) is 40.8 Å². The van der Waals surface area contributed by atoms with Gasteiger partial charge in [-0.2, -0.15) is 0 Å². The minimum absolute atomic E-state index is 0.302. The monoisotopic (exact) mass is 365 g/mol. The summed E-state index contributed by atoms with van der Waals surface area (Å²) in [5.74, 6) is 1.09. The maximum Gasteiger partial charge on any atom is 0.196 e. The van der Waals surface area contributed by atoms with E-state index in [1.807, 2.05) is 25.1 Å². The van der Waals surface area contributed by atoms with Gasteiger partial charge in [-0.25, -0.2) is 4.98 Å². The first kappa shape index (κ1) is 18.1. The summed E-state index contributed by atoms with van der Waals surface area (Å²) in [6.07, 6.45) is 3.19. The van der Waals surface area contributed by atoms with Gasteiger partial charge in [0.05, 0.1) is 16.8 Å². The van der Waals surface area contributed by atoms with Crippen LogP contribution in [0.25, 0.3) is 10.9 Å². The lowest BCUT2D eigenvalue weighted by Crippen LogP contribution is -2.42. The molecule has 142 valence electrons. The van der Waals surface area contributed by atoms with Crippen molar-refractivity contribution in [2.45, 2.75) is 51.7 Å². The van der Waals surface area contributed by atoms with Crippen LogP contribution in [0.4, 0.5) is 0 Å². The third-order valence-corrected chi connectivity index (χ3v) is 5.50. The number of aliphatic hydroxyl groups is 1. The second kappa shape index (κ2) is 7.06. The molecule has 3 aromatic rings. The highest BCUT2D eigenvalue weighted by Crippen LogP contribution is 2.34. The molecule has 5 heteroatoms. The van der Waals surface area contributed by atoms with Crippen molar-refractivity contribution in [3.63, 3.8) is 0 Å². The van der Waals surface area contributed by atoms with Gasteiger partial charge in [-0.1, -0.05) is 26.0 Å². The fourth-order valence-electron chi connectivity index (χ4n) is 3.78. The Morgan fingerprint density at radius 2 is 1.93 bits per heavy atom. The van der Waals surface area contributed by atoms with E-state index < -0.39 is 5.60 Å². The largest absolute Gasteiger partial charge is 0.448 e. The number of aromatic nitrogens is 2. The summed E-state index contributed by atoms with van der Waals surface area (Å²) >= 11 is 0. The van der Waals surface area contributed by atoms with Gasteiger partial charge in [-0.05, 0) is 43.5 Å². The smallest absolute Gasteiger partial charge is 0.196 e. The molecule has 0 amide bonds. The predicted molar refractivity (Wildman–Crippen MR) is 105 cm³/mol. The number of hydrogen-bond acceptors (Lipinski definition) is 5. The van der Waals surface area contributed by atoms with Gasteiger partial charge < -0.3 is 9.52 Å². The zero-order valence-corrected chi connectivity index (χ0v) is 16.3. The second-order valence-corrected chi connectivity index (χ2v) is 8.00. The Labute approximate surface area is 160 Å². The topological polar surface area (TPSA) is 62.4 Å². The van der Waals surface area contributed by atoms with Gasteiger partial charge in [0.25, 0.3) is 0 Å². The lowest BCUT2D eigenvalue weighted by atomic mass is 9.84. The highest BCUT2D eigenvalue weighted by Gasteiger charge is 2.34. The quantitative estimate of drug-likeness (QED) is 0.753. The van der Waals surface area contributed by atoms with E-state index in [1.54, 1.807) is 6.26 Å². The fraction of sp³-hybridized carbons (Fsp3) is 0.455. The molecule has 0 spiro atoms. The molecule has 27 heavy (non-hydrogen) atoms. The van der Waals surface area contributed by atoms with Crippen molar-refractivity contribution in [3.8, 4) is 0 Å². The molecule has 0 radical (unpaired) electrons. The number of hydrogen-bond donors (Lipinski definition) is 1. The molecule has 1 aliphatic rings. The Bertz CT molecular complexity index is 940. The third kappa shape index (κ3) is 3.75. The highest BCUT2D eigenvalue weighted by atomic mass is 16.3. The number of likely N-dealkylation sites (tertiary alicyclic amines) is 1. The van der Waals surface area contributed by atoms with E-state index in [4.69, 9.17) is 4.42 Å². The van der Waals surface area contributed by atoms with Gasteiger partial charge in [0, 0.05) is 36.6 Å². The molecule has 2 aromatic heterocycles. The molecule has 0 unspecified atom stereocenters. The summed E-state index contributed by atoms with van der Waals surface area (Å²) in [7, 11) is 0. The van der Waals surface area contributed by atoms with Gasteiger partial charge in [-0.3, -0.25) is 9.88 Å². The van der Waals surface area contributed by atoms with Crippen molar-refractivity contribution >= 4 is 10.9 Å². The third-order valence-electron chi connectivity index (χ3n) is 5.50. The van der Waals surface area contributed by atoms with E-state index in [0.717, 1.165) is 53.4 Å². The van der Waals surface area contributed by atoms with Crippen LogP contribution in [0.2, 0.25) is 0 Å². The lowest BCUT2D eigenvalue weighted by Gasteiger charge is -2.38. The van der Waals surface area contributed by atoms with Gasteiger partial charge >= 0.3 is 0 Å². The molecule has 1 saturated heterocycles. The molecule has 0 bridgehead atoms. The maximum absolute atomic E-state index is 11.2. The summed E-state index contributed by atoms with van der Waals surface area (Å²) in [4.78, 5) is 11.4. The van der Waals surface area contributed by atoms with E-state index >= 15 is 0 Å². The first-order chi connectivity index (χ1) is 12.9. The Balaban J connectivity index is 1.44. The minimum Gasteiger partial charge on any atom is -0.448 e. The van der Waals surface area contributed by atoms with Crippen molar-refractivity contribution in [2.24, 2.45) is 0 Å². The molecule has 3 heterocycles. The summed E-state index contributed by atoms with van der Waals surface area (Å²) in [5, 5.41) is 12.3. The summed E-state index contributed by atoms with van der Waals surface area (Å²) < 4.78 is 5.53. The van der Waals surface area contributed by atoms with Crippen LogP contribution in [-0.2, 0) is 12.1 Å². The fourth-order valence-corrected chi connectivity index (χ4v) is 3.78. The summed E-state index contributed by atoms with van der Waals surface area (Å²) in [6.45, 7) is 8.60. The standard InChI is InChI=1S/C22H27N3O2/c1-15(2)21-24-19(14-27-21)13-25-10-8-22(26,9-11-25)18-6-7-20-17(12-18)5-4-16(3)23-20/h4-7,12,14-15,26H,8-11,13H2,1-3H3. The van der Waals surface area contributed by atoms with Crippen LogP contribution < -0.4 is 0 Å². The highest BCUT2D eigenvalue weighted by molar-refractivity contribution is 5.79. The molecule has 0 aliphatic carbocycles. The molecule has 1 N–H and O–H groups in total. The zero-order valence-electron chi connectivity index (χ0n) is 16.3. The number of nitrogens with zero attached hydrogens (tertiary/aromatic N) is 3. The van der Waals surface area contributed by atoms with Crippen LogP contribution in [0, 0.1) is 6.92 Å². The van der Waals surface area contributed by atoms with Gasteiger partial charge in [0.1, 0.15) is 6.26 Å². The van der Waals surface area contributed by atoms with Gasteiger partial charge in [0.2, 0.25) is 0 Å². The predicted octanol–water partition coefficient (Wildman–Crippen LogP) is 4.14. The molecule has 0 atom stereocenters. The molecule has 5 nitrogen and oxygen atoms in total. The van der Waals surface area contributed by atoms with Crippen LogP contribution >= 0.6 is 0 Å². The average Bonchev–Trinajstić information content (AvgIpc) is 3.12. The van der Waals surface area contributed by atoms with E-state index in [1.165, 1.54) is 0 Å². The van der Waals surface area contributed by atoms with Crippen molar-refractivity contribution in [1.29, 1.82) is 0 Å². The summed E-state index contributed by atoms with van der Waals surface area (Å²) in [5.41, 5.74) is 3.17. The van der Waals surface area contributed by atoms with E-state index in [0.29, 0.717) is 18.8 Å². The minimum atomic E-state index is -0.775. The van der Waals surface area contributed by atoms with Crippen LogP contribution in [0.3, 0.4) is 0 Å². The lowest BCUT2D eigenvalue weighted by molar-refractivity contribution is -0.0278. The maximum atomic E-state index is 11.2. The van der Waals surface area contributed by atoms with Gasteiger partial charge in [-0.15, -0.1) is 0 Å². The summed E-state index contributed by atoms with van der Waals surface area (Å²) in [6, 6.07) is 10.2. The number of pyridine rings is 1. The Kier molecular flexibility index (Phi) is 4.74. The molecular weight excluding hydrogens is 338 g/mol. The normalized spacial score (nSPS) is 17.7. The average molecular weight is 365 g/mol. The number of oxazole rings is 1. The first-order valence-electron chi connectivity index (χ1n) is 9.70. The molecule has 1 aliphatic heterocycles. The zero-order chi connectivity index (χ0) is 19.0.